The average molecular weight is 514 g/mol. The summed E-state index contributed by atoms with van der Waals surface area (Å²) >= 11 is -2.54. The summed E-state index contributed by atoms with van der Waals surface area (Å²) in [5.41, 5.74) is 0.645. The van der Waals surface area contributed by atoms with Crippen molar-refractivity contribution in [3.8, 4) is 0 Å². The van der Waals surface area contributed by atoms with E-state index in [-0.39, 0.29) is 6.09 Å². The molecule has 168 valence electrons. The predicted octanol–water partition coefficient (Wildman–Crippen LogP) is 5.77. The first-order chi connectivity index (χ1) is 13.7. The third-order valence-electron chi connectivity index (χ3n) is 5.46. The number of amides is 1. The molecule has 0 bridgehead atoms. The number of alkyl carbamates (subject to hydrolysis) is 1. The van der Waals surface area contributed by atoms with E-state index in [4.69, 9.17) is 9.84 Å². The Kier molecular flexibility index (Phi) is 11.7. The molecule has 1 aromatic heterocycles. The van der Waals surface area contributed by atoms with Crippen molar-refractivity contribution >= 4 is 28.2 Å². The van der Waals surface area contributed by atoms with Crippen LogP contribution in [-0.4, -0.2) is 46.4 Å². The molecule has 5 nitrogen and oxygen atoms in total. The van der Waals surface area contributed by atoms with Gasteiger partial charge in [-0.25, -0.2) is 0 Å². The van der Waals surface area contributed by atoms with Crippen molar-refractivity contribution in [2.75, 3.05) is 6.54 Å². The second-order valence-electron chi connectivity index (χ2n) is 9.41. The van der Waals surface area contributed by atoms with E-state index in [1.54, 1.807) is 3.71 Å². The maximum atomic E-state index is 12.0. The monoisotopic (exact) mass is 515 g/mol. The molecule has 0 radical (unpaired) electrons. The Morgan fingerprint density at radius 3 is 2.03 bits per heavy atom. The van der Waals surface area contributed by atoms with Gasteiger partial charge in [-0.2, -0.15) is 0 Å². The molecule has 0 saturated carbocycles. The third kappa shape index (κ3) is 9.31. The number of aryl methyl sites for hydroxylation is 1. The van der Waals surface area contributed by atoms with Gasteiger partial charge in [-0.1, -0.05) is 0 Å². The zero-order valence-corrected chi connectivity index (χ0v) is 22.9. The van der Waals surface area contributed by atoms with Crippen LogP contribution in [0.15, 0.2) is 6.07 Å². The number of aromatic nitrogens is 2. The van der Waals surface area contributed by atoms with Crippen molar-refractivity contribution in [3.05, 3.63) is 11.8 Å². The van der Waals surface area contributed by atoms with Gasteiger partial charge in [-0.3, -0.25) is 0 Å². The number of nitrogens with one attached hydrogen (secondary N) is 1. The van der Waals surface area contributed by atoms with Gasteiger partial charge in [0.2, 0.25) is 0 Å². The molecular weight excluding hydrogens is 469 g/mol. The van der Waals surface area contributed by atoms with E-state index < -0.39 is 24.0 Å². The second kappa shape index (κ2) is 12.9. The summed E-state index contributed by atoms with van der Waals surface area (Å²) in [4.78, 5) is 12.0. The molecule has 0 aromatic carbocycles. The summed E-state index contributed by atoms with van der Waals surface area (Å²) in [7, 11) is 0. The van der Waals surface area contributed by atoms with Gasteiger partial charge in [0.15, 0.2) is 0 Å². The van der Waals surface area contributed by atoms with Crippen LogP contribution >= 0.6 is 0 Å². The number of ether oxygens (including phenoxy) is 1. The van der Waals surface area contributed by atoms with Crippen molar-refractivity contribution in [2.24, 2.45) is 0 Å². The van der Waals surface area contributed by atoms with E-state index in [2.05, 4.69) is 43.8 Å². The summed E-state index contributed by atoms with van der Waals surface area (Å²) in [5, 5.41) is 7.76. The van der Waals surface area contributed by atoms with Crippen LogP contribution < -0.4 is 9.03 Å². The number of carbonyl (C=O) groups is 1. The molecule has 1 aromatic rings. The van der Waals surface area contributed by atoms with Crippen LogP contribution in [0.25, 0.3) is 0 Å². The summed E-state index contributed by atoms with van der Waals surface area (Å²) in [6.07, 6.45) is 7.47. The maximum absolute atomic E-state index is 12.0. The van der Waals surface area contributed by atoms with Crippen LogP contribution in [0.5, 0.6) is 0 Å². The fourth-order valence-corrected chi connectivity index (χ4v) is 20.7. The van der Waals surface area contributed by atoms with Crippen LogP contribution in [0.4, 0.5) is 4.79 Å². The standard InChI is InChI=1S/C11H18N3O2.3C4H9.Sn/c1-9-5-7-14(13-9)8-6-12-10(15)16-11(2,3)4;3*1-3-4-2;/h5H,6,8H2,1-4H3,(H,12,15);3*1,3-4H2,2H3;. The summed E-state index contributed by atoms with van der Waals surface area (Å²) in [6, 6.07) is 2.38. The number of unbranched alkanes of at least 4 members (excludes halogenated alkanes) is 3. The molecule has 1 heterocycles. The first-order valence-corrected chi connectivity index (χ1v) is 19.2. The summed E-state index contributed by atoms with van der Waals surface area (Å²) < 4.78 is 13.5. The summed E-state index contributed by atoms with van der Waals surface area (Å²) in [6.45, 7) is 16.0. The van der Waals surface area contributed by atoms with Gasteiger partial charge in [-0.15, -0.1) is 0 Å². The molecule has 0 unspecified atom stereocenters. The van der Waals surface area contributed by atoms with E-state index in [0.717, 1.165) is 12.2 Å². The van der Waals surface area contributed by atoms with Gasteiger partial charge in [0.05, 0.1) is 0 Å². The zero-order valence-electron chi connectivity index (χ0n) is 20.1. The van der Waals surface area contributed by atoms with Crippen molar-refractivity contribution in [1.29, 1.82) is 0 Å². The normalized spacial score (nSPS) is 12.2. The van der Waals surface area contributed by atoms with E-state index in [0.29, 0.717) is 6.54 Å². The summed E-state index contributed by atoms with van der Waals surface area (Å²) in [5.74, 6) is 0. The zero-order chi connectivity index (χ0) is 21.9. The molecule has 6 heteroatoms. The SMILES string of the molecule is CCC[CH2][Sn]([CH2]CCC)([CH2]CCC)[c]1cc(C)nn1CCNC(=O)OC(C)(C)C. The molecule has 0 atom stereocenters. The molecule has 0 aliphatic rings. The van der Waals surface area contributed by atoms with E-state index in [1.165, 1.54) is 51.8 Å². The van der Waals surface area contributed by atoms with Gasteiger partial charge < -0.3 is 0 Å². The van der Waals surface area contributed by atoms with Crippen LogP contribution in [-0.2, 0) is 11.3 Å². The van der Waals surface area contributed by atoms with Crippen LogP contribution in [0.3, 0.4) is 0 Å². The van der Waals surface area contributed by atoms with E-state index in [1.807, 2.05) is 20.8 Å². The Labute approximate surface area is 183 Å². The van der Waals surface area contributed by atoms with Crippen molar-refractivity contribution in [3.63, 3.8) is 0 Å². The Morgan fingerprint density at radius 1 is 1.07 bits per heavy atom. The van der Waals surface area contributed by atoms with Crippen LogP contribution in [0.2, 0.25) is 13.3 Å². The van der Waals surface area contributed by atoms with Crippen LogP contribution in [0, 0.1) is 6.92 Å². The van der Waals surface area contributed by atoms with Gasteiger partial charge in [0.25, 0.3) is 0 Å². The van der Waals surface area contributed by atoms with Crippen molar-refractivity contribution in [2.45, 2.75) is 112 Å². The molecular formula is C23H45N3O2Sn. The Morgan fingerprint density at radius 2 is 1.59 bits per heavy atom. The number of hydrogen-bond acceptors (Lipinski definition) is 3. The second-order valence-corrected chi connectivity index (χ2v) is 22.5. The number of carbonyl (C=O) groups excluding carboxylic acids is 1. The van der Waals surface area contributed by atoms with E-state index in [9.17, 15) is 4.79 Å². The first-order valence-electron chi connectivity index (χ1n) is 11.7. The van der Waals surface area contributed by atoms with Gasteiger partial charge in [0.1, 0.15) is 0 Å². The Bertz CT molecular complexity index is 586. The van der Waals surface area contributed by atoms with Crippen molar-refractivity contribution < 1.29 is 9.53 Å². The molecule has 1 rings (SSSR count). The fourth-order valence-electron chi connectivity index (χ4n) is 4.03. The van der Waals surface area contributed by atoms with Gasteiger partial charge >= 0.3 is 184 Å². The molecule has 1 amide bonds. The molecule has 1 N–H and O–H groups in total. The third-order valence-corrected chi connectivity index (χ3v) is 20.9. The van der Waals surface area contributed by atoms with Crippen molar-refractivity contribution in [1.82, 2.24) is 15.1 Å². The molecule has 0 spiro atoms. The van der Waals surface area contributed by atoms with Crippen LogP contribution in [0.1, 0.15) is 85.8 Å². The number of rotatable bonds is 13. The molecule has 0 fully saturated rings. The fraction of sp³-hybridized carbons (Fsp3) is 0.826. The average Bonchev–Trinajstić information content (AvgIpc) is 3.01. The Hall–Kier alpha value is -0.721. The molecule has 29 heavy (non-hydrogen) atoms. The minimum absolute atomic E-state index is 0.347. The Balaban J connectivity index is 3.02. The molecule has 0 aliphatic heterocycles. The predicted molar refractivity (Wildman–Crippen MR) is 126 cm³/mol. The molecule has 0 aliphatic carbocycles. The number of hydrogen-bond donors (Lipinski definition) is 1. The number of nitrogens with zero attached hydrogens (tertiary/aromatic N) is 2. The molecule has 0 saturated heterocycles. The van der Waals surface area contributed by atoms with E-state index >= 15 is 0 Å². The van der Waals surface area contributed by atoms with Gasteiger partial charge in [-0.05, 0) is 0 Å². The minimum atomic E-state index is -2.54. The first kappa shape index (κ1) is 26.3. The topological polar surface area (TPSA) is 56.2 Å². The quantitative estimate of drug-likeness (QED) is 0.340. The van der Waals surface area contributed by atoms with Gasteiger partial charge in [0, 0.05) is 0 Å².